The van der Waals surface area contributed by atoms with Crippen LogP contribution in [0.2, 0.25) is 0 Å². The molecule has 0 bridgehead atoms. The first-order valence-electron chi connectivity index (χ1n) is 11.8. The monoisotopic (exact) mass is 467 g/mol. The van der Waals surface area contributed by atoms with Crippen LogP contribution in [-0.4, -0.2) is 23.3 Å². The number of benzene rings is 3. The Morgan fingerprint density at radius 1 is 0.914 bits per heavy atom. The molecule has 0 aliphatic carbocycles. The summed E-state index contributed by atoms with van der Waals surface area (Å²) in [4.78, 5) is 29.4. The fraction of sp³-hybridized carbons (Fsp3) is 0.233. The molecule has 0 amide bonds. The lowest BCUT2D eigenvalue weighted by Crippen LogP contribution is -2.18. The quantitative estimate of drug-likeness (QED) is 0.218. The number of fused-ring (bicyclic) bond motifs is 1. The first kappa shape index (κ1) is 24.1. The third-order valence-corrected chi connectivity index (χ3v) is 6.07. The number of ether oxygens (including phenoxy) is 2. The average molecular weight is 468 g/mol. The summed E-state index contributed by atoms with van der Waals surface area (Å²) >= 11 is 0. The maximum Gasteiger partial charge on any atom is 0.349 e. The van der Waals surface area contributed by atoms with Gasteiger partial charge in [-0.1, -0.05) is 55.0 Å². The molecule has 1 unspecified atom stereocenters. The number of rotatable bonds is 9. The van der Waals surface area contributed by atoms with E-state index in [1.807, 2.05) is 69.4 Å². The van der Waals surface area contributed by atoms with Crippen molar-refractivity contribution in [1.82, 2.24) is 4.98 Å². The number of esters is 1. The van der Waals surface area contributed by atoms with Crippen LogP contribution in [0.4, 0.5) is 0 Å². The van der Waals surface area contributed by atoms with Crippen molar-refractivity contribution in [3.05, 3.63) is 101 Å². The van der Waals surface area contributed by atoms with E-state index in [2.05, 4.69) is 11.1 Å². The highest BCUT2D eigenvalue weighted by Crippen LogP contribution is 2.26. The Labute approximate surface area is 205 Å². The molecule has 0 saturated carbocycles. The summed E-state index contributed by atoms with van der Waals surface area (Å²) in [5.74, 6) is 0.593. The third-order valence-electron chi connectivity index (χ3n) is 6.07. The van der Waals surface area contributed by atoms with Gasteiger partial charge in [-0.2, -0.15) is 0 Å². The molecule has 178 valence electrons. The summed E-state index contributed by atoms with van der Waals surface area (Å²) in [7, 11) is 0. The van der Waals surface area contributed by atoms with Crippen molar-refractivity contribution in [1.29, 1.82) is 0 Å². The van der Waals surface area contributed by atoms with Crippen LogP contribution >= 0.6 is 0 Å². The highest BCUT2D eigenvalue weighted by Gasteiger charge is 2.19. The molecule has 4 aromatic rings. The molecule has 3 aromatic carbocycles. The standard InChI is InChI=1S/C30H29NO4/c1-4-27(28(32)17-22-6-7-25-18-31-14-13-24(25)16-22)23-8-10-26(11-9-23)34-19-30(33)35-29-12-5-20(2)15-21(29)3/h5-16,18,27H,4,17,19H2,1-3H3. The first-order chi connectivity index (χ1) is 16.9. The average Bonchev–Trinajstić information content (AvgIpc) is 2.85. The summed E-state index contributed by atoms with van der Waals surface area (Å²) in [6, 6.07) is 21.0. The van der Waals surface area contributed by atoms with E-state index in [-0.39, 0.29) is 18.3 Å². The molecule has 35 heavy (non-hydrogen) atoms. The van der Waals surface area contributed by atoms with Crippen LogP contribution in [0.5, 0.6) is 11.5 Å². The largest absolute Gasteiger partial charge is 0.482 e. The molecule has 0 saturated heterocycles. The van der Waals surface area contributed by atoms with Gasteiger partial charge in [-0.3, -0.25) is 9.78 Å². The molecule has 0 fully saturated rings. The van der Waals surface area contributed by atoms with Gasteiger partial charge >= 0.3 is 5.97 Å². The predicted octanol–water partition coefficient (Wildman–Crippen LogP) is 6.14. The zero-order chi connectivity index (χ0) is 24.8. The molecule has 1 heterocycles. The zero-order valence-electron chi connectivity index (χ0n) is 20.3. The fourth-order valence-corrected chi connectivity index (χ4v) is 4.22. The number of carbonyl (C=O) groups excluding carboxylic acids is 2. The van der Waals surface area contributed by atoms with Crippen LogP contribution in [0.15, 0.2) is 79.1 Å². The van der Waals surface area contributed by atoms with Crippen molar-refractivity contribution in [3.63, 3.8) is 0 Å². The van der Waals surface area contributed by atoms with Crippen LogP contribution < -0.4 is 9.47 Å². The molecule has 4 rings (SSSR count). The third kappa shape index (κ3) is 6.12. The van der Waals surface area contributed by atoms with Crippen LogP contribution in [0.3, 0.4) is 0 Å². The molecule has 0 aliphatic heterocycles. The van der Waals surface area contributed by atoms with E-state index in [0.717, 1.165) is 33.0 Å². The van der Waals surface area contributed by atoms with Gasteiger partial charge in [-0.15, -0.1) is 0 Å². The lowest BCUT2D eigenvalue weighted by molar-refractivity contribution is -0.136. The van der Waals surface area contributed by atoms with Gasteiger partial charge in [-0.25, -0.2) is 4.79 Å². The van der Waals surface area contributed by atoms with Crippen molar-refractivity contribution in [2.75, 3.05) is 6.61 Å². The number of hydrogen-bond donors (Lipinski definition) is 0. The number of Topliss-reactive ketones (excluding diaryl/α,β-unsaturated/α-hetero) is 1. The lowest BCUT2D eigenvalue weighted by Gasteiger charge is -2.15. The first-order valence-corrected chi connectivity index (χ1v) is 11.8. The van der Waals surface area contributed by atoms with Crippen molar-refractivity contribution < 1.29 is 19.1 Å². The van der Waals surface area contributed by atoms with Gasteiger partial charge in [0.2, 0.25) is 0 Å². The Bertz CT molecular complexity index is 1340. The summed E-state index contributed by atoms with van der Waals surface area (Å²) in [6.45, 7) is 5.71. The van der Waals surface area contributed by atoms with Crippen LogP contribution in [0.1, 0.15) is 41.5 Å². The normalized spacial score (nSPS) is 11.7. The minimum Gasteiger partial charge on any atom is -0.482 e. The number of hydrogen-bond acceptors (Lipinski definition) is 5. The predicted molar refractivity (Wildman–Crippen MR) is 137 cm³/mol. The highest BCUT2D eigenvalue weighted by molar-refractivity contribution is 5.89. The van der Waals surface area contributed by atoms with Gasteiger partial charge in [0.1, 0.15) is 17.3 Å². The second kappa shape index (κ2) is 11.0. The number of nitrogens with zero attached hydrogens (tertiary/aromatic N) is 1. The lowest BCUT2D eigenvalue weighted by atomic mass is 9.88. The summed E-state index contributed by atoms with van der Waals surface area (Å²) in [6.07, 6.45) is 4.66. The van der Waals surface area contributed by atoms with Gasteiger partial charge < -0.3 is 9.47 Å². The van der Waals surface area contributed by atoms with Gasteiger partial charge in [0.15, 0.2) is 6.61 Å². The second-order valence-electron chi connectivity index (χ2n) is 8.76. The maximum absolute atomic E-state index is 13.1. The van der Waals surface area contributed by atoms with Crippen LogP contribution in [0.25, 0.3) is 10.8 Å². The molecule has 0 spiro atoms. The minimum atomic E-state index is -0.464. The number of ketones is 1. The van der Waals surface area contributed by atoms with Crippen molar-refractivity contribution in [2.45, 2.75) is 39.5 Å². The fourth-order valence-electron chi connectivity index (χ4n) is 4.22. The van der Waals surface area contributed by atoms with Crippen molar-refractivity contribution in [3.8, 4) is 11.5 Å². The van der Waals surface area contributed by atoms with Crippen molar-refractivity contribution >= 4 is 22.5 Å². The maximum atomic E-state index is 13.1. The smallest absolute Gasteiger partial charge is 0.349 e. The SMILES string of the molecule is CCC(C(=O)Cc1ccc2cnccc2c1)c1ccc(OCC(=O)Oc2ccc(C)cc2C)cc1. The zero-order valence-corrected chi connectivity index (χ0v) is 20.3. The Morgan fingerprint density at radius 2 is 1.71 bits per heavy atom. The van der Waals surface area contributed by atoms with Gasteiger partial charge in [0.25, 0.3) is 0 Å². The highest BCUT2D eigenvalue weighted by atomic mass is 16.6. The summed E-state index contributed by atoms with van der Waals surface area (Å²) in [5, 5.41) is 2.14. The topological polar surface area (TPSA) is 65.5 Å². The van der Waals surface area contributed by atoms with E-state index in [1.165, 1.54) is 0 Å². The Kier molecular flexibility index (Phi) is 7.56. The number of carbonyl (C=O) groups is 2. The molecule has 5 heteroatoms. The van der Waals surface area contributed by atoms with Crippen LogP contribution in [0, 0.1) is 13.8 Å². The van der Waals surface area contributed by atoms with Gasteiger partial charge in [0.05, 0.1) is 0 Å². The van der Waals surface area contributed by atoms with Gasteiger partial charge in [0, 0.05) is 30.1 Å². The van der Waals surface area contributed by atoms with Crippen LogP contribution in [-0.2, 0) is 16.0 Å². The molecule has 0 N–H and O–H groups in total. The molecule has 1 aromatic heterocycles. The van der Waals surface area contributed by atoms with E-state index in [1.54, 1.807) is 24.4 Å². The van der Waals surface area contributed by atoms with Crippen molar-refractivity contribution in [2.24, 2.45) is 0 Å². The van der Waals surface area contributed by atoms with Gasteiger partial charge in [-0.05, 0) is 66.6 Å². The molecule has 0 radical (unpaired) electrons. The second-order valence-corrected chi connectivity index (χ2v) is 8.76. The minimum absolute atomic E-state index is 0.173. The number of aryl methyl sites for hydroxylation is 2. The molecular formula is C30H29NO4. The van der Waals surface area contributed by atoms with E-state index in [9.17, 15) is 9.59 Å². The Morgan fingerprint density at radius 3 is 2.46 bits per heavy atom. The van der Waals surface area contributed by atoms with E-state index < -0.39 is 5.97 Å². The molecule has 5 nitrogen and oxygen atoms in total. The van der Waals surface area contributed by atoms with E-state index in [4.69, 9.17) is 9.47 Å². The number of aromatic nitrogens is 1. The number of pyridine rings is 1. The Hall–Kier alpha value is -3.99. The Balaban J connectivity index is 1.35. The molecule has 0 aliphatic rings. The molecule has 1 atom stereocenters. The van der Waals surface area contributed by atoms with E-state index in [0.29, 0.717) is 24.3 Å². The molecular weight excluding hydrogens is 438 g/mol. The summed E-state index contributed by atoms with van der Waals surface area (Å²) < 4.78 is 11.0. The summed E-state index contributed by atoms with van der Waals surface area (Å²) in [5.41, 5.74) is 3.94. The van der Waals surface area contributed by atoms with E-state index >= 15 is 0 Å².